The molecule has 0 heterocycles. The van der Waals surface area contributed by atoms with Gasteiger partial charge in [-0.05, 0) is 50.4 Å². The first-order valence-electron chi connectivity index (χ1n) is 7.14. The quantitative estimate of drug-likeness (QED) is 0.657. The Hall–Kier alpha value is -1.08. The predicted octanol–water partition coefficient (Wildman–Crippen LogP) is 4.38. The van der Waals surface area contributed by atoms with Crippen molar-refractivity contribution in [1.29, 1.82) is 0 Å². The van der Waals surface area contributed by atoms with E-state index >= 15 is 0 Å². The van der Waals surface area contributed by atoms with E-state index in [1.54, 1.807) is 0 Å². The summed E-state index contributed by atoms with van der Waals surface area (Å²) in [4.78, 5) is 2.56. The van der Waals surface area contributed by atoms with Crippen LogP contribution in [0, 0.1) is 0 Å². The van der Waals surface area contributed by atoms with E-state index in [1.807, 2.05) is 0 Å². The van der Waals surface area contributed by atoms with Crippen LogP contribution in [0.15, 0.2) is 30.8 Å². The van der Waals surface area contributed by atoms with Gasteiger partial charge < -0.3 is 4.90 Å². The van der Waals surface area contributed by atoms with Crippen LogP contribution < -0.4 is 0 Å². The molecule has 1 aromatic rings. The second kappa shape index (κ2) is 8.10. The molecule has 0 radical (unpaired) electrons. The molecule has 0 spiro atoms. The van der Waals surface area contributed by atoms with Gasteiger partial charge in [0.2, 0.25) is 0 Å². The van der Waals surface area contributed by atoms with Gasteiger partial charge >= 0.3 is 0 Å². The van der Waals surface area contributed by atoms with Crippen molar-refractivity contribution < 1.29 is 0 Å². The lowest BCUT2D eigenvalue weighted by Gasteiger charge is -2.20. The monoisotopic (exact) mass is 245 g/mol. The predicted molar refractivity (Wildman–Crippen MR) is 81.9 cm³/mol. The number of hydrogen-bond acceptors (Lipinski definition) is 1. The summed E-state index contributed by atoms with van der Waals surface area (Å²) in [6.45, 7) is 14.1. The summed E-state index contributed by atoms with van der Waals surface area (Å²) in [5, 5.41) is 0. The first-order valence-corrected chi connectivity index (χ1v) is 7.14. The Balaban J connectivity index is 2.48. The van der Waals surface area contributed by atoms with Crippen LogP contribution in [-0.4, -0.2) is 24.5 Å². The van der Waals surface area contributed by atoms with Crippen molar-refractivity contribution >= 4 is 5.57 Å². The molecule has 0 N–H and O–H groups in total. The van der Waals surface area contributed by atoms with Gasteiger partial charge in [0.05, 0.1) is 0 Å². The van der Waals surface area contributed by atoms with Crippen LogP contribution in [0.25, 0.3) is 5.57 Å². The van der Waals surface area contributed by atoms with Crippen molar-refractivity contribution in [2.24, 2.45) is 0 Å². The molecule has 0 unspecified atom stereocenters. The molecule has 0 aromatic heterocycles. The highest BCUT2D eigenvalue weighted by molar-refractivity contribution is 5.61. The molecule has 18 heavy (non-hydrogen) atoms. The largest absolute Gasteiger partial charge is 0.303 e. The summed E-state index contributed by atoms with van der Waals surface area (Å²) in [5.74, 6) is 0. The van der Waals surface area contributed by atoms with Crippen molar-refractivity contribution in [2.45, 2.75) is 40.0 Å². The number of rotatable bonds is 8. The Morgan fingerprint density at radius 3 is 2.00 bits per heavy atom. The summed E-state index contributed by atoms with van der Waals surface area (Å²) < 4.78 is 0. The smallest absolute Gasteiger partial charge is 0.00218 e. The highest BCUT2D eigenvalue weighted by Gasteiger charge is 2.03. The molecule has 100 valence electrons. The molecule has 1 heteroatoms. The van der Waals surface area contributed by atoms with Crippen molar-refractivity contribution in [3.63, 3.8) is 0 Å². The van der Waals surface area contributed by atoms with Crippen molar-refractivity contribution in [2.75, 3.05) is 19.6 Å². The van der Waals surface area contributed by atoms with Gasteiger partial charge in [0.1, 0.15) is 0 Å². The Labute approximate surface area is 113 Å². The van der Waals surface area contributed by atoms with Crippen LogP contribution in [0.5, 0.6) is 0 Å². The zero-order valence-electron chi connectivity index (χ0n) is 12.2. The second-order valence-electron chi connectivity index (χ2n) is 5.07. The summed E-state index contributed by atoms with van der Waals surface area (Å²) in [6.07, 6.45) is 3.64. The molecule has 0 saturated carbocycles. The zero-order chi connectivity index (χ0) is 13.4. The van der Waals surface area contributed by atoms with Crippen molar-refractivity contribution in [1.82, 2.24) is 4.90 Å². The number of hydrogen-bond donors (Lipinski definition) is 0. The van der Waals surface area contributed by atoms with Gasteiger partial charge in [-0.15, -0.1) is 0 Å². The van der Waals surface area contributed by atoms with E-state index in [-0.39, 0.29) is 0 Å². The molecule has 0 fully saturated rings. The van der Waals surface area contributed by atoms with Crippen molar-refractivity contribution in [3.05, 3.63) is 42.0 Å². The van der Waals surface area contributed by atoms with Crippen LogP contribution >= 0.6 is 0 Å². The lowest BCUT2D eigenvalue weighted by molar-refractivity contribution is 0.278. The van der Waals surface area contributed by atoms with Gasteiger partial charge in [-0.3, -0.25) is 0 Å². The molecule has 0 saturated heterocycles. The number of nitrogens with zero attached hydrogens (tertiary/aromatic N) is 1. The molecule has 0 aliphatic heterocycles. The molecule has 1 rings (SSSR count). The fourth-order valence-corrected chi connectivity index (χ4v) is 2.21. The Kier molecular flexibility index (Phi) is 6.74. The molecule has 1 nitrogen and oxygen atoms in total. The Morgan fingerprint density at radius 2 is 1.56 bits per heavy atom. The first-order chi connectivity index (χ1) is 8.67. The molecule has 0 bridgehead atoms. The zero-order valence-corrected chi connectivity index (χ0v) is 12.2. The van der Waals surface area contributed by atoms with Gasteiger partial charge in [0, 0.05) is 6.54 Å². The maximum atomic E-state index is 3.97. The Morgan fingerprint density at radius 1 is 1.00 bits per heavy atom. The van der Waals surface area contributed by atoms with E-state index < -0.39 is 0 Å². The van der Waals surface area contributed by atoms with Crippen LogP contribution in [-0.2, 0) is 6.42 Å². The second-order valence-corrected chi connectivity index (χ2v) is 5.07. The summed E-state index contributed by atoms with van der Waals surface area (Å²) in [6, 6.07) is 8.84. The average Bonchev–Trinajstić information content (AvgIpc) is 2.37. The lowest BCUT2D eigenvalue weighted by atomic mass is 10.0. The average molecular weight is 245 g/mol. The Bertz CT molecular complexity index is 344. The fourth-order valence-electron chi connectivity index (χ4n) is 2.21. The molecule has 0 amide bonds. The summed E-state index contributed by atoms with van der Waals surface area (Å²) >= 11 is 0. The van der Waals surface area contributed by atoms with E-state index in [1.165, 1.54) is 43.6 Å². The molecule has 0 atom stereocenters. The minimum atomic E-state index is 1.14. The van der Waals surface area contributed by atoms with Crippen LogP contribution in [0.2, 0.25) is 0 Å². The third kappa shape index (κ3) is 5.05. The third-order valence-electron chi connectivity index (χ3n) is 3.24. The van der Waals surface area contributed by atoms with Gasteiger partial charge in [0.25, 0.3) is 0 Å². The van der Waals surface area contributed by atoms with Gasteiger partial charge in [-0.2, -0.15) is 0 Å². The maximum absolute atomic E-state index is 3.97. The van der Waals surface area contributed by atoms with Crippen LogP contribution in [0.1, 0.15) is 44.7 Å². The maximum Gasteiger partial charge on any atom is 0.00218 e. The standard InChI is InChI=1S/C17H27N/c1-5-12-18(13-6-2)14-11-16-7-9-17(10-8-16)15(3)4/h7-10H,3,5-6,11-14H2,1-2,4H3. The third-order valence-corrected chi connectivity index (χ3v) is 3.24. The molecule has 0 aliphatic carbocycles. The topological polar surface area (TPSA) is 3.24 Å². The molecular weight excluding hydrogens is 218 g/mol. The highest BCUT2D eigenvalue weighted by Crippen LogP contribution is 2.13. The number of allylic oxidation sites excluding steroid dienone is 1. The molecule has 1 aromatic carbocycles. The SMILES string of the molecule is C=C(C)c1ccc(CCN(CCC)CCC)cc1. The minimum absolute atomic E-state index is 1.14. The van der Waals surface area contributed by atoms with E-state index in [9.17, 15) is 0 Å². The fraction of sp³-hybridized carbons (Fsp3) is 0.529. The van der Waals surface area contributed by atoms with E-state index in [2.05, 4.69) is 56.5 Å². The molecular formula is C17H27N. The van der Waals surface area contributed by atoms with E-state index in [0.717, 1.165) is 12.0 Å². The summed E-state index contributed by atoms with van der Waals surface area (Å²) in [7, 11) is 0. The summed E-state index contributed by atoms with van der Waals surface area (Å²) in [5.41, 5.74) is 3.81. The van der Waals surface area contributed by atoms with Gasteiger partial charge in [-0.1, -0.05) is 50.3 Å². The molecule has 0 aliphatic rings. The van der Waals surface area contributed by atoms with Crippen LogP contribution in [0.4, 0.5) is 0 Å². The highest BCUT2D eigenvalue weighted by atomic mass is 15.1. The minimum Gasteiger partial charge on any atom is -0.303 e. The van der Waals surface area contributed by atoms with E-state index in [0.29, 0.717) is 0 Å². The van der Waals surface area contributed by atoms with E-state index in [4.69, 9.17) is 0 Å². The van der Waals surface area contributed by atoms with Gasteiger partial charge in [-0.25, -0.2) is 0 Å². The normalized spacial score (nSPS) is 10.9. The lowest BCUT2D eigenvalue weighted by Crippen LogP contribution is -2.27. The first kappa shape index (κ1) is 15.0. The van der Waals surface area contributed by atoms with Crippen molar-refractivity contribution in [3.8, 4) is 0 Å². The van der Waals surface area contributed by atoms with Gasteiger partial charge in [0.15, 0.2) is 0 Å². The number of benzene rings is 1. The van der Waals surface area contributed by atoms with Crippen LogP contribution in [0.3, 0.4) is 0 Å².